The summed E-state index contributed by atoms with van der Waals surface area (Å²) in [6.07, 6.45) is -5.01. The van der Waals surface area contributed by atoms with Crippen molar-refractivity contribution in [1.82, 2.24) is 9.13 Å². The summed E-state index contributed by atoms with van der Waals surface area (Å²) in [6.45, 7) is 2.35. The highest BCUT2D eigenvalue weighted by molar-refractivity contribution is 8.10. The first-order chi connectivity index (χ1) is 14.5. The van der Waals surface area contributed by atoms with E-state index in [1.165, 1.54) is 13.8 Å². The maximum atomic E-state index is 13.1. The summed E-state index contributed by atoms with van der Waals surface area (Å²) in [5.74, 6) is -1.30. The second-order valence-electron chi connectivity index (χ2n) is 6.30. The third kappa shape index (κ3) is 4.67. The highest BCUT2D eigenvalue weighted by Gasteiger charge is 2.36. The van der Waals surface area contributed by atoms with Crippen molar-refractivity contribution in [2.24, 2.45) is 7.05 Å². The van der Waals surface area contributed by atoms with Crippen molar-refractivity contribution in [2.45, 2.75) is 20.0 Å². The van der Waals surface area contributed by atoms with Crippen molar-refractivity contribution < 1.29 is 30.0 Å². The second kappa shape index (κ2) is 8.72. The predicted octanol–water partition coefficient (Wildman–Crippen LogP) is 2.37. The molecule has 0 saturated carbocycles. The first-order valence-corrected chi connectivity index (χ1v) is 12.6. The van der Waals surface area contributed by atoms with Gasteiger partial charge in [-0.2, -0.15) is 16.9 Å². The largest absolute Gasteiger partial charge is 0.431 e. The van der Waals surface area contributed by atoms with E-state index in [2.05, 4.69) is 0 Å². The van der Waals surface area contributed by atoms with Gasteiger partial charge in [-0.05, 0) is 26.0 Å². The van der Waals surface area contributed by atoms with Crippen LogP contribution < -0.4 is 15.0 Å². The molecule has 0 unspecified atom stereocenters. The topological polar surface area (TPSA) is 116 Å². The molecule has 0 aliphatic carbocycles. The normalized spacial score (nSPS) is 12.8. The van der Waals surface area contributed by atoms with Crippen molar-refractivity contribution >= 4 is 48.9 Å². The van der Waals surface area contributed by atoms with E-state index in [9.17, 15) is 39.6 Å². The summed E-state index contributed by atoms with van der Waals surface area (Å²) >= 11 is 12.1. The van der Waals surface area contributed by atoms with Crippen molar-refractivity contribution in [2.75, 3.05) is 15.2 Å². The van der Waals surface area contributed by atoms with Gasteiger partial charge in [0, 0.05) is 13.1 Å². The Morgan fingerprint density at radius 2 is 1.44 bits per heavy atom. The van der Waals surface area contributed by atoms with Gasteiger partial charge in [-0.3, -0.25) is 9.36 Å². The van der Waals surface area contributed by atoms with E-state index in [4.69, 9.17) is 23.2 Å². The van der Waals surface area contributed by atoms with Crippen LogP contribution in [0.3, 0.4) is 0 Å². The van der Waals surface area contributed by atoms with E-state index in [0.717, 1.165) is 19.2 Å². The molecule has 1 aromatic heterocycles. The van der Waals surface area contributed by atoms with Crippen molar-refractivity contribution in [3.63, 3.8) is 0 Å². The molecule has 2 aromatic rings. The Bertz CT molecular complexity index is 1370. The van der Waals surface area contributed by atoms with E-state index in [0.29, 0.717) is 0 Å². The van der Waals surface area contributed by atoms with Gasteiger partial charge >= 0.3 is 11.9 Å². The van der Waals surface area contributed by atoms with Gasteiger partial charge in [0.05, 0.1) is 32.9 Å². The average molecular weight is 538 g/mol. The second-order valence-corrected chi connectivity index (χ2v) is 11.6. The summed E-state index contributed by atoms with van der Waals surface area (Å²) < 4.78 is 89.8. The predicted molar refractivity (Wildman–Crippen MR) is 114 cm³/mol. The monoisotopic (exact) mass is 537 g/mol. The fourth-order valence-corrected chi connectivity index (χ4v) is 6.70. The average Bonchev–Trinajstić information content (AvgIpc) is 2.66. The number of nitrogens with zero attached hydrogens (tertiary/aromatic N) is 3. The van der Waals surface area contributed by atoms with Crippen molar-refractivity contribution in [1.29, 1.82) is 0 Å². The van der Waals surface area contributed by atoms with Gasteiger partial charge in [0.1, 0.15) is 5.69 Å². The zero-order chi connectivity index (χ0) is 24.8. The minimum atomic E-state index is -5.01. The van der Waals surface area contributed by atoms with E-state index in [1.54, 1.807) is 0 Å². The molecule has 32 heavy (non-hydrogen) atoms. The first-order valence-electron chi connectivity index (χ1n) is 8.65. The van der Waals surface area contributed by atoms with Crippen LogP contribution in [0.2, 0.25) is 10.0 Å². The lowest BCUT2D eigenvalue weighted by Crippen LogP contribution is -2.41. The lowest BCUT2D eigenvalue weighted by atomic mass is 10.2. The van der Waals surface area contributed by atoms with E-state index in [1.807, 2.05) is 0 Å². The van der Waals surface area contributed by atoms with Crippen LogP contribution in [0.1, 0.15) is 19.5 Å². The summed E-state index contributed by atoms with van der Waals surface area (Å²) in [5.41, 5.74) is -5.63. The molecular weight excluding hydrogens is 522 g/mol. The summed E-state index contributed by atoms with van der Waals surface area (Å²) in [5, 5.41) is -0.870. The Hall–Kier alpha value is -2.03. The van der Waals surface area contributed by atoms with Crippen LogP contribution in [0.15, 0.2) is 27.8 Å². The molecule has 0 atom stereocenters. The van der Waals surface area contributed by atoms with Gasteiger partial charge in [0.15, 0.2) is 0 Å². The number of rotatable bonds is 6. The van der Waals surface area contributed by atoms with Crippen LogP contribution >= 0.6 is 23.2 Å². The zero-order valence-electron chi connectivity index (χ0n) is 16.6. The zero-order valence-corrected chi connectivity index (χ0v) is 19.8. The number of anilines is 1. The molecule has 0 aliphatic rings. The molecule has 0 amide bonds. The van der Waals surface area contributed by atoms with Crippen LogP contribution in [0, 0.1) is 0 Å². The van der Waals surface area contributed by atoms with E-state index >= 15 is 0 Å². The fraction of sp³-hybridized carbons (Fsp3) is 0.375. The maximum absolute atomic E-state index is 13.1. The standard InChI is InChI=1S/C16H16Cl2F3N3O6S2/c1-4-31(27,28)24(32(29,30)5-2)12-7-11(9(17)6-10(12)18)23-14(25)8-13(16(19,20)21)22(3)15(23)26/h6-8H,4-5H2,1-3H3. The minimum Gasteiger partial charge on any atom is -0.292 e. The molecule has 2 rings (SSSR count). The Morgan fingerprint density at radius 1 is 0.938 bits per heavy atom. The molecule has 0 bridgehead atoms. The number of alkyl halides is 3. The quantitative estimate of drug-likeness (QED) is 0.558. The third-order valence-corrected chi connectivity index (χ3v) is 9.13. The molecule has 0 aliphatic heterocycles. The summed E-state index contributed by atoms with van der Waals surface area (Å²) in [4.78, 5) is 25.0. The molecule has 0 fully saturated rings. The summed E-state index contributed by atoms with van der Waals surface area (Å²) in [6, 6.07) is 1.76. The van der Waals surface area contributed by atoms with Gasteiger partial charge in [0.25, 0.3) is 5.56 Å². The van der Waals surface area contributed by atoms with Crippen LogP contribution in [0.25, 0.3) is 5.69 Å². The Labute approximate surface area is 190 Å². The van der Waals surface area contributed by atoms with Gasteiger partial charge in [-0.25, -0.2) is 26.2 Å². The summed E-state index contributed by atoms with van der Waals surface area (Å²) in [7, 11) is -8.18. The minimum absolute atomic E-state index is 0.0434. The van der Waals surface area contributed by atoms with Crippen LogP contribution in [0.4, 0.5) is 18.9 Å². The molecule has 0 radical (unpaired) electrons. The van der Waals surface area contributed by atoms with E-state index in [-0.39, 0.29) is 18.9 Å². The molecule has 0 spiro atoms. The van der Waals surface area contributed by atoms with Gasteiger partial charge in [-0.1, -0.05) is 23.2 Å². The maximum Gasteiger partial charge on any atom is 0.431 e. The SMILES string of the molecule is CCS(=O)(=O)N(c1cc(-n2c(=O)cc(C(F)(F)F)n(C)c2=O)c(Cl)cc1Cl)S(=O)(=O)CC. The number of hydrogen-bond acceptors (Lipinski definition) is 6. The number of sulfonamides is 2. The van der Waals surface area contributed by atoms with Crippen LogP contribution in [-0.4, -0.2) is 37.5 Å². The molecule has 0 saturated heterocycles. The third-order valence-electron chi connectivity index (χ3n) is 4.30. The smallest absolute Gasteiger partial charge is 0.292 e. The highest BCUT2D eigenvalue weighted by Crippen LogP contribution is 2.36. The molecule has 1 heterocycles. The molecule has 9 nitrogen and oxygen atoms in total. The van der Waals surface area contributed by atoms with Crippen molar-refractivity contribution in [3.8, 4) is 5.69 Å². The number of benzene rings is 1. The fourth-order valence-electron chi connectivity index (χ4n) is 2.66. The first kappa shape index (κ1) is 26.2. The molecular formula is C16H16Cl2F3N3O6S2. The Kier molecular flexibility index (Phi) is 7.15. The number of aromatic nitrogens is 2. The Balaban J connectivity index is 2.98. The molecule has 1 aromatic carbocycles. The lowest BCUT2D eigenvalue weighted by Gasteiger charge is -2.24. The number of hydrogen-bond donors (Lipinski definition) is 0. The van der Waals surface area contributed by atoms with Crippen molar-refractivity contribution in [3.05, 3.63) is 54.8 Å². The Morgan fingerprint density at radius 3 is 1.88 bits per heavy atom. The molecule has 16 heteroatoms. The van der Waals surface area contributed by atoms with E-state index < -0.39 is 76.1 Å². The van der Waals surface area contributed by atoms with Crippen LogP contribution in [0.5, 0.6) is 0 Å². The number of halogens is 5. The lowest BCUT2D eigenvalue weighted by molar-refractivity contribution is -0.144. The van der Waals surface area contributed by atoms with Crippen LogP contribution in [-0.2, 0) is 33.3 Å². The molecule has 178 valence electrons. The van der Waals surface area contributed by atoms with Gasteiger partial charge in [0.2, 0.25) is 20.0 Å². The highest BCUT2D eigenvalue weighted by atomic mass is 35.5. The molecule has 0 N–H and O–H groups in total. The van der Waals surface area contributed by atoms with Gasteiger partial charge in [-0.15, -0.1) is 0 Å². The van der Waals surface area contributed by atoms with Gasteiger partial charge < -0.3 is 0 Å².